The number of imidazole rings is 1. The molecule has 4 heteroatoms. The van der Waals surface area contributed by atoms with Gasteiger partial charge in [0.2, 0.25) is 0 Å². The largest absolute Gasteiger partial charge is 0.338 e. The van der Waals surface area contributed by atoms with Gasteiger partial charge in [-0.3, -0.25) is 0 Å². The van der Waals surface area contributed by atoms with Gasteiger partial charge in [0.15, 0.2) is 0 Å². The molecule has 0 aliphatic heterocycles. The van der Waals surface area contributed by atoms with Crippen LogP contribution >= 0.6 is 11.3 Å². The molecule has 0 aliphatic rings. The van der Waals surface area contributed by atoms with E-state index < -0.39 is 0 Å². The van der Waals surface area contributed by atoms with E-state index in [2.05, 4.69) is 70.6 Å². The molecule has 2 aromatic heterocycles. The molecule has 2 heterocycles. The van der Waals surface area contributed by atoms with E-state index in [1.54, 1.807) is 11.3 Å². The number of H-pyrrole nitrogens is 1. The highest BCUT2D eigenvalue weighted by atomic mass is 32.1. The van der Waals surface area contributed by atoms with Crippen LogP contribution in [-0.4, -0.2) is 15.0 Å². The van der Waals surface area contributed by atoms with Gasteiger partial charge in [-0.2, -0.15) is 0 Å². The normalized spacial score (nSPS) is 11.3. The maximum Gasteiger partial charge on any atom is 0.138 e. The Kier molecular flexibility index (Phi) is 2.96. The maximum absolute atomic E-state index is 4.73. The molecular formula is C20H13N3S. The van der Waals surface area contributed by atoms with E-state index in [-0.39, 0.29) is 0 Å². The first-order valence-electron chi connectivity index (χ1n) is 7.76. The van der Waals surface area contributed by atoms with Gasteiger partial charge in [-0.15, -0.1) is 11.3 Å². The van der Waals surface area contributed by atoms with E-state index in [9.17, 15) is 0 Å². The van der Waals surface area contributed by atoms with Gasteiger partial charge in [0.25, 0.3) is 0 Å². The summed E-state index contributed by atoms with van der Waals surface area (Å²) in [5.74, 6) is 0.880. The fourth-order valence-electron chi connectivity index (χ4n) is 2.96. The minimum atomic E-state index is 0.880. The Bertz CT molecular complexity index is 1160. The van der Waals surface area contributed by atoms with Crippen LogP contribution in [0.2, 0.25) is 0 Å². The summed E-state index contributed by atoms with van der Waals surface area (Å²) in [7, 11) is 0. The van der Waals surface area contributed by atoms with E-state index >= 15 is 0 Å². The summed E-state index contributed by atoms with van der Waals surface area (Å²) < 4.78 is 1.20. The molecule has 0 fully saturated rings. The van der Waals surface area contributed by atoms with Gasteiger partial charge < -0.3 is 4.98 Å². The van der Waals surface area contributed by atoms with Crippen LogP contribution in [0.5, 0.6) is 0 Å². The van der Waals surface area contributed by atoms with Crippen LogP contribution in [0.4, 0.5) is 0 Å². The molecule has 0 atom stereocenters. The zero-order chi connectivity index (χ0) is 15.9. The third-order valence-electron chi connectivity index (χ3n) is 4.19. The number of thiazole rings is 1. The Labute approximate surface area is 142 Å². The van der Waals surface area contributed by atoms with Gasteiger partial charge in [-0.05, 0) is 41.5 Å². The lowest BCUT2D eigenvalue weighted by Crippen LogP contribution is -1.80. The fraction of sp³-hybridized carbons (Fsp3) is 0. The van der Waals surface area contributed by atoms with Crippen molar-refractivity contribution in [1.82, 2.24) is 15.0 Å². The van der Waals surface area contributed by atoms with Gasteiger partial charge in [0.05, 0.1) is 26.8 Å². The van der Waals surface area contributed by atoms with E-state index in [1.165, 1.54) is 15.8 Å². The lowest BCUT2D eigenvalue weighted by atomic mass is 10.1. The lowest BCUT2D eigenvalue weighted by molar-refractivity contribution is 1.34. The summed E-state index contributed by atoms with van der Waals surface area (Å²) in [6.45, 7) is 0. The lowest BCUT2D eigenvalue weighted by Gasteiger charge is -2.00. The smallest absolute Gasteiger partial charge is 0.138 e. The number of hydrogen-bond acceptors (Lipinski definition) is 3. The Hall–Kier alpha value is -2.98. The van der Waals surface area contributed by atoms with Crippen molar-refractivity contribution in [2.75, 3.05) is 0 Å². The molecule has 5 aromatic rings. The highest BCUT2D eigenvalue weighted by Crippen LogP contribution is 2.28. The second kappa shape index (κ2) is 5.28. The number of nitrogens with zero attached hydrogens (tertiary/aromatic N) is 2. The minimum absolute atomic E-state index is 0.880. The van der Waals surface area contributed by atoms with Crippen LogP contribution in [-0.2, 0) is 0 Å². The van der Waals surface area contributed by atoms with Gasteiger partial charge in [-0.1, -0.05) is 36.4 Å². The third-order valence-corrected chi connectivity index (χ3v) is 5.00. The molecule has 0 unspecified atom stereocenters. The molecule has 3 aromatic carbocycles. The topological polar surface area (TPSA) is 41.6 Å². The molecular weight excluding hydrogens is 314 g/mol. The van der Waals surface area contributed by atoms with Crippen LogP contribution in [0, 0.1) is 0 Å². The van der Waals surface area contributed by atoms with Crippen molar-refractivity contribution in [3.8, 4) is 22.5 Å². The second-order valence-electron chi connectivity index (χ2n) is 5.72. The van der Waals surface area contributed by atoms with Gasteiger partial charge in [0.1, 0.15) is 5.82 Å². The van der Waals surface area contributed by atoms with Crippen molar-refractivity contribution >= 4 is 32.6 Å². The second-order valence-corrected chi connectivity index (χ2v) is 6.60. The van der Waals surface area contributed by atoms with Gasteiger partial charge >= 0.3 is 0 Å². The van der Waals surface area contributed by atoms with E-state index in [0.717, 1.165) is 27.9 Å². The Morgan fingerprint density at radius 1 is 0.750 bits per heavy atom. The minimum Gasteiger partial charge on any atom is -0.338 e. The van der Waals surface area contributed by atoms with E-state index in [0.29, 0.717) is 0 Å². The van der Waals surface area contributed by atoms with Crippen molar-refractivity contribution in [2.45, 2.75) is 0 Å². The molecule has 0 aliphatic carbocycles. The summed E-state index contributed by atoms with van der Waals surface area (Å²) in [6.07, 6.45) is 0. The summed E-state index contributed by atoms with van der Waals surface area (Å²) in [4.78, 5) is 12.6. The summed E-state index contributed by atoms with van der Waals surface area (Å²) in [5, 5.41) is 0. The molecule has 24 heavy (non-hydrogen) atoms. The van der Waals surface area contributed by atoms with Crippen molar-refractivity contribution in [1.29, 1.82) is 0 Å². The first-order valence-corrected chi connectivity index (χ1v) is 8.64. The zero-order valence-electron chi connectivity index (χ0n) is 12.7. The van der Waals surface area contributed by atoms with E-state index in [1.807, 2.05) is 11.6 Å². The molecule has 0 saturated carbocycles. The summed E-state index contributed by atoms with van der Waals surface area (Å²) in [6, 6.07) is 23.0. The molecule has 1 N–H and O–H groups in total. The third kappa shape index (κ3) is 2.20. The van der Waals surface area contributed by atoms with Crippen molar-refractivity contribution < 1.29 is 0 Å². The first kappa shape index (κ1) is 13.5. The number of nitrogens with one attached hydrogen (secondary N) is 1. The highest BCUT2D eigenvalue weighted by Gasteiger charge is 2.08. The van der Waals surface area contributed by atoms with Crippen LogP contribution in [0.3, 0.4) is 0 Å². The number of hydrogen-bond donors (Lipinski definition) is 1. The average Bonchev–Trinajstić information content (AvgIpc) is 3.27. The zero-order valence-corrected chi connectivity index (χ0v) is 13.5. The number of aromatic nitrogens is 3. The monoisotopic (exact) mass is 327 g/mol. The average molecular weight is 327 g/mol. The SMILES string of the molecule is c1ccc(-c2ccc3nc(-c4ccc5scnc5c4)[nH]c3c2)cc1. The highest BCUT2D eigenvalue weighted by molar-refractivity contribution is 7.16. The van der Waals surface area contributed by atoms with Crippen LogP contribution in [0.25, 0.3) is 43.8 Å². The predicted octanol–water partition coefficient (Wildman–Crippen LogP) is 5.51. The molecule has 3 nitrogen and oxygen atoms in total. The molecule has 0 bridgehead atoms. The molecule has 0 spiro atoms. The number of benzene rings is 3. The molecule has 0 radical (unpaired) electrons. The molecule has 0 amide bonds. The van der Waals surface area contributed by atoms with E-state index in [4.69, 9.17) is 4.98 Å². The first-order chi connectivity index (χ1) is 11.9. The van der Waals surface area contributed by atoms with Crippen LogP contribution in [0.1, 0.15) is 0 Å². The standard InChI is InChI=1S/C20H13N3S/c1-2-4-13(5-3-1)14-6-8-16-17(10-14)23-20(22-16)15-7-9-19-18(11-15)21-12-24-19/h1-12H,(H,22,23). The summed E-state index contributed by atoms with van der Waals surface area (Å²) in [5.41, 5.74) is 8.37. The fourth-order valence-corrected chi connectivity index (χ4v) is 3.62. The molecule has 114 valence electrons. The number of fused-ring (bicyclic) bond motifs is 2. The number of aromatic amines is 1. The van der Waals surface area contributed by atoms with Gasteiger partial charge in [-0.25, -0.2) is 9.97 Å². The van der Waals surface area contributed by atoms with Crippen LogP contribution < -0.4 is 0 Å². The van der Waals surface area contributed by atoms with Crippen LogP contribution in [0.15, 0.2) is 72.2 Å². The Morgan fingerprint density at radius 3 is 2.54 bits per heavy atom. The van der Waals surface area contributed by atoms with Gasteiger partial charge in [0, 0.05) is 5.56 Å². The Morgan fingerprint density at radius 2 is 1.62 bits per heavy atom. The molecule has 0 saturated heterocycles. The predicted molar refractivity (Wildman–Crippen MR) is 100 cm³/mol. The summed E-state index contributed by atoms with van der Waals surface area (Å²) >= 11 is 1.65. The van der Waals surface area contributed by atoms with Crippen molar-refractivity contribution in [3.05, 3.63) is 72.2 Å². The molecule has 5 rings (SSSR count). The number of rotatable bonds is 2. The maximum atomic E-state index is 4.73. The quantitative estimate of drug-likeness (QED) is 0.465. The Balaban J connectivity index is 1.62. The van der Waals surface area contributed by atoms with Crippen molar-refractivity contribution in [3.63, 3.8) is 0 Å². The van der Waals surface area contributed by atoms with Crippen molar-refractivity contribution in [2.24, 2.45) is 0 Å².